The molecule has 1 saturated heterocycles. The molecule has 13 nitrogen and oxygen atoms in total. The van der Waals surface area contributed by atoms with Gasteiger partial charge in [0.25, 0.3) is 5.69 Å². The van der Waals surface area contributed by atoms with Crippen LogP contribution in [-0.4, -0.2) is 53.9 Å². The molecule has 0 unspecified atom stereocenters. The van der Waals surface area contributed by atoms with Crippen LogP contribution in [0.1, 0.15) is 61.0 Å². The number of ketones is 1. The van der Waals surface area contributed by atoms with E-state index in [1.165, 1.54) is 24.3 Å². The first-order valence-electron chi connectivity index (χ1n) is 25.3. The van der Waals surface area contributed by atoms with Gasteiger partial charge in [-0.3, -0.25) is 14.9 Å². The maximum Gasteiger partial charge on any atom is 0.269 e. The largest absolute Gasteiger partial charge is 0.507 e. The number of nitrogens with zero attached hydrogens (tertiary/aromatic N) is 1. The molecular weight excluding hydrogens is 975 g/mol. The zero-order valence-corrected chi connectivity index (χ0v) is 42.5. The lowest BCUT2D eigenvalue weighted by Crippen LogP contribution is -2.58. The molecule has 9 rings (SSSR count). The fourth-order valence-corrected chi connectivity index (χ4v) is 9.01. The average Bonchev–Trinajstić information content (AvgIpc) is 3.49. The van der Waals surface area contributed by atoms with Gasteiger partial charge in [0, 0.05) is 18.2 Å². The van der Waals surface area contributed by atoms with Gasteiger partial charge < -0.3 is 43.0 Å². The first-order valence-corrected chi connectivity index (χ1v) is 25.3. The van der Waals surface area contributed by atoms with Gasteiger partial charge >= 0.3 is 0 Å². The Morgan fingerprint density at radius 2 is 1.04 bits per heavy atom. The maximum absolute atomic E-state index is 14.9. The van der Waals surface area contributed by atoms with Crippen molar-refractivity contribution in [2.75, 3.05) is 13.7 Å². The molecule has 0 radical (unpaired) electrons. The van der Waals surface area contributed by atoms with Crippen molar-refractivity contribution in [2.45, 2.75) is 70.2 Å². The molecule has 13 heteroatoms. The number of nitro benzene ring substituents is 1. The molecule has 392 valence electrons. The number of phenols is 1. The fraction of sp³-hybridized carbons (Fsp3) is 0.203. The van der Waals surface area contributed by atoms with Crippen molar-refractivity contribution >= 4 is 17.5 Å². The first-order chi connectivity index (χ1) is 37.8. The number of carbonyl (C=O) groups excluding carboxylic acids is 1. The van der Waals surface area contributed by atoms with Crippen LogP contribution in [0.15, 0.2) is 212 Å². The number of allylic oxidation sites excluding steroid dienone is 1. The number of hydrogen-bond donors (Lipinski definition) is 1. The van der Waals surface area contributed by atoms with Gasteiger partial charge in [-0.05, 0) is 69.3 Å². The summed E-state index contributed by atoms with van der Waals surface area (Å²) in [6.45, 7) is 0.522. The summed E-state index contributed by atoms with van der Waals surface area (Å²) in [5.41, 5.74) is 5.70. The highest BCUT2D eigenvalue weighted by Gasteiger charge is 2.51. The lowest BCUT2D eigenvalue weighted by molar-refractivity contribution is -0.384. The molecule has 8 aromatic rings. The van der Waals surface area contributed by atoms with Gasteiger partial charge in [-0.15, -0.1) is 0 Å². The van der Waals surface area contributed by atoms with Crippen LogP contribution in [0.25, 0.3) is 6.08 Å². The number of methoxy groups -OCH3 is 1. The Kier molecular flexibility index (Phi) is 18.6. The quantitative estimate of drug-likeness (QED) is 0.0251. The molecule has 1 N–H and O–H groups in total. The van der Waals surface area contributed by atoms with E-state index in [2.05, 4.69) is 0 Å². The van der Waals surface area contributed by atoms with E-state index < -0.39 is 47.0 Å². The summed E-state index contributed by atoms with van der Waals surface area (Å²) in [4.78, 5) is 26.3. The Hall–Kier alpha value is -8.43. The van der Waals surface area contributed by atoms with E-state index in [9.17, 15) is 20.0 Å². The predicted molar refractivity (Wildman–Crippen MR) is 291 cm³/mol. The van der Waals surface area contributed by atoms with Gasteiger partial charge in [-0.1, -0.05) is 170 Å². The molecular formula is C64H59NO12. The molecule has 77 heavy (non-hydrogen) atoms. The van der Waals surface area contributed by atoms with Crippen LogP contribution < -0.4 is 14.2 Å². The number of non-ortho nitro benzene ring substituents is 1. The summed E-state index contributed by atoms with van der Waals surface area (Å²) in [5, 5.41) is 24.0. The zero-order chi connectivity index (χ0) is 53.2. The van der Waals surface area contributed by atoms with Gasteiger partial charge in [0.1, 0.15) is 72.3 Å². The smallest absolute Gasteiger partial charge is 0.269 e. The molecule has 0 aromatic heterocycles. The average molecular weight is 1030 g/mol. The van der Waals surface area contributed by atoms with Crippen molar-refractivity contribution in [2.24, 2.45) is 0 Å². The van der Waals surface area contributed by atoms with Crippen LogP contribution in [0.2, 0.25) is 0 Å². The normalized spacial score (nSPS) is 17.2. The Balaban J connectivity index is 1.23. The molecule has 0 spiro atoms. The van der Waals surface area contributed by atoms with Crippen LogP contribution >= 0.6 is 0 Å². The Morgan fingerprint density at radius 3 is 1.56 bits per heavy atom. The summed E-state index contributed by atoms with van der Waals surface area (Å²) in [5.74, 6) is -0.177. The second-order valence-electron chi connectivity index (χ2n) is 18.3. The van der Waals surface area contributed by atoms with Gasteiger partial charge in [0.15, 0.2) is 5.78 Å². The van der Waals surface area contributed by atoms with Crippen molar-refractivity contribution < 1.29 is 52.7 Å². The number of aromatic hydroxyl groups is 1. The Labute approximate surface area is 447 Å². The molecule has 0 amide bonds. The van der Waals surface area contributed by atoms with Gasteiger partial charge in [0.05, 0.1) is 50.6 Å². The number of phenolic OH excluding ortho intramolecular Hbond substituents is 1. The Morgan fingerprint density at radius 1 is 0.571 bits per heavy atom. The van der Waals surface area contributed by atoms with E-state index in [-0.39, 0.29) is 74.6 Å². The molecule has 1 aliphatic rings. The van der Waals surface area contributed by atoms with E-state index in [0.29, 0.717) is 16.9 Å². The summed E-state index contributed by atoms with van der Waals surface area (Å²) in [6.07, 6.45) is -1.96. The first kappa shape index (κ1) is 53.4. The van der Waals surface area contributed by atoms with E-state index in [1.54, 1.807) is 37.5 Å². The molecule has 1 heterocycles. The summed E-state index contributed by atoms with van der Waals surface area (Å²) in [7, 11) is 1.58. The van der Waals surface area contributed by atoms with E-state index in [1.807, 2.05) is 164 Å². The molecule has 0 aliphatic carbocycles. The standard InChI is InChI=1S/C64H59NO12/c1-70-53-34-29-45(30-35-53)31-36-54(66)58-55(67)37-56(72-39-47-19-9-3-10-20-47)59(61(58)74-41-49-23-13-5-14-24-49)62-64(76-43-51-27-32-52(33-28-51)65(68)69)63(75-42-50-25-15-6-16-26-50)60(73-40-48-21-11-4-12-22-48)57(77-62)44-71-38-46-17-7-2-8-18-46/h2-37,57,60,62-64,67H,38-44H2,1H3/b36-31+/t57-,60-,62+,63+,64+/m1/s1. The third-order valence-corrected chi connectivity index (χ3v) is 13.0. The minimum absolute atomic E-state index is 0.00958. The molecule has 8 aromatic carbocycles. The molecule has 5 atom stereocenters. The molecule has 1 aliphatic heterocycles. The number of ether oxygens (including phenoxy) is 8. The SMILES string of the molecule is COc1ccc(/C=C/C(=O)c2c(O)cc(OCc3ccccc3)c([C@@H]3O[C@H](COCc4ccccc4)[C@@H](OCc4ccccc4)[C@H](OCc4ccccc4)[C@H]3OCc3ccc([N+](=O)[O-])cc3)c2OCc2ccccc2)cc1. The van der Waals surface area contributed by atoms with Crippen molar-refractivity contribution in [1.82, 2.24) is 0 Å². The zero-order valence-electron chi connectivity index (χ0n) is 42.5. The highest BCUT2D eigenvalue weighted by Crippen LogP contribution is 2.50. The van der Waals surface area contributed by atoms with Crippen molar-refractivity contribution in [3.05, 3.63) is 273 Å². The summed E-state index contributed by atoms with van der Waals surface area (Å²) in [6, 6.07) is 63.0. The second-order valence-corrected chi connectivity index (χ2v) is 18.3. The minimum Gasteiger partial charge on any atom is -0.507 e. The molecule has 1 fully saturated rings. The number of benzene rings is 8. The van der Waals surface area contributed by atoms with Crippen LogP contribution in [0, 0.1) is 10.1 Å². The number of hydrogen-bond acceptors (Lipinski definition) is 12. The van der Waals surface area contributed by atoms with Gasteiger partial charge in [-0.25, -0.2) is 0 Å². The lowest BCUT2D eigenvalue weighted by Gasteiger charge is -2.47. The predicted octanol–water partition coefficient (Wildman–Crippen LogP) is 12.8. The fourth-order valence-electron chi connectivity index (χ4n) is 9.01. The van der Waals surface area contributed by atoms with Gasteiger partial charge in [-0.2, -0.15) is 0 Å². The third kappa shape index (κ3) is 14.5. The van der Waals surface area contributed by atoms with E-state index in [4.69, 9.17) is 37.9 Å². The monoisotopic (exact) mass is 1030 g/mol. The van der Waals surface area contributed by atoms with Gasteiger partial charge in [0.2, 0.25) is 0 Å². The lowest BCUT2D eigenvalue weighted by atomic mass is 9.87. The van der Waals surface area contributed by atoms with E-state index in [0.717, 1.165) is 27.8 Å². The topological polar surface area (TPSA) is 154 Å². The number of carbonyl (C=O) groups is 1. The van der Waals surface area contributed by atoms with Crippen molar-refractivity contribution in [3.8, 4) is 23.0 Å². The van der Waals surface area contributed by atoms with Crippen LogP contribution in [-0.2, 0) is 63.3 Å². The van der Waals surface area contributed by atoms with Crippen LogP contribution in [0.5, 0.6) is 23.0 Å². The van der Waals surface area contributed by atoms with E-state index >= 15 is 0 Å². The highest BCUT2D eigenvalue weighted by atomic mass is 16.6. The summed E-state index contributed by atoms with van der Waals surface area (Å²) < 4.78 is 54.2. The molecule has 0 saturated carbocycles. The minimum atomic E-state index is -1.20. The Bertz CT molecular complexity index is 3140. The molecule has 0 bridgehead atoms. The van der Waals surface area contributed by atoms with Crippen LogP contribution in [0.4, 0.5) is 5.69 Å². The third-order valence-electron chi connectivity index (χ3n) is 13.0. The van der Waals surface area contributed by atoms with Crippen molar-refractivity contribution in [3.63, 3.8) is 0 Å². The second kappa shape index (κ2) is 26.9. The maximum atomic E-state index is 14.9. The van der Waals surface area contributed by atoms with Crippen LogP contribution in [0.3, 0.4) is 0 Å². The number of nitro groups is 1. The van der Waals surface area contributed by atoms with Crippen molar-refractivity contribution in [1.29, 1.82) is 0 Å². The number of rotatable bonds is 25. The summed E-state index contributed by atoms with van der Waals surface area (Å²) >= 11 is 0. The highest BCUT2D eigenvalue weighted by molar-refractivity contribution is 6.11.